The average molecular weight is 1110 g/mol. The van der Waals surface area contributed by atoms with Crippen molar-refractivity contribution in [2.75, 3.05) is 13.2 Å². The van der Waals surface area contributed by atoms with Crippen LogP contribution in [0.5, 0.6) is 0 Å². The molecule has 0 aliphatic rings. The number of carbonyl (C=O) groups excluding carboxylic acids is 3. The van der Waals surface area contributed by atoms with Crippen LogP contribution in [0.2, 0.25) is 0 Å². The highest BCUT2D eigenvalue weighted by molar-refractivity contribution is 5.72. The Balaban J connectivity index is 4.25. The monoisotopic (exact) mass is 1100 g/mol. The molecular weight excluding hydrogens is 985 g/mol. The fraction of sp³-hybridized carbons (Fsp3) is 0.635. The highest BCUT2D eigenvalue weighted by Crippen LogP contribution is 2.16. The fourth-order valence-corrected chi connectivity index (χ4v) is 8.74. The van der Waals surface area contributed by atoms with Gasteiger partial charge in [-0.2, -0.15) is 0 Å². The molecule has 0 heterocycles. The average Bonchev–Trinajstić information content (AvgIpc) is 3.46. The third-order valence-electron chi connectivity index (χ3n) is 13.6. The van der Waals surface area contributed by atoms with Crippen molar-refractivity contribution in [2.24, 2.45) is 0 Å². The predicted molar refractivity (Wildman–Crippen MR) is 348 cm³/mol. The van der Waals surface area contributed by atoms with E-state index < -0.39 is 12.1 Å². The zero-order valence-electron chi connectivity index (χ0n) is 51.8. The van der Waals surface area contributed by atoms with Crippen LogP contribution in [0.3, 0.4) is 0 Å². The van der Waals surface area contributed by atoms with Gasteiger partial charge in [0.05, 0.1) is 6.42 Å². The Morgan fingerprint density at radius 2 is 0.525 bits per heavy atom. The second-order valence-electron chi connectivity index (χ2n) is 21.3. The lowest BCUT2D eigenvalue weighted by Crippen LogP contribution is -2.30. The van der Waals surface area contributed by atoms with Crippen LogP contribution < -0.4 is 0 Å². The molecule has 0 aromatic carbocycles. The number of ether oxygens (including phenoxy) is 3. The smallest absolute Gasteiger partial charge is 0.310 e. The van der Waals surface area contributed by atoms with Crippen LogP contribution >= 0.6 is 0 Å². The number of carbonyl (C=O) groups is 3. The van der Waals surface area contributed by atoms with Crippen molar-refractivity contribution in [3.63, 3.8) is 0 Å². The minimum absolute atomic E-state index is 0.0901. The summed E-state index contributed by atoms with van der Waals surface area (Å²) in [4.78, 5) is 38.2. The van der Waals surface area contributed by atoms with Crippen molar-refractivity contribution >= 4 is 17.9 Å². The number of hydrogen-bond donors (Lipinski definition) is 0. The van der Waals surface area contributed by atoms with Crippen molar-refractivity contribution in [1.29, 1.82) is 0 Å². The number of allylic oxidation sites excluding steroid dienone is 23. The molecule has 0 bridgehead atoms. The summed E-state index contributed by atoms with van der Waals surface area (Å²) < 4.78 is 16.8. The molecule has 0 saturated carbocycles. The minimum atomic E-state index is -0.843. The first kappa shape index (κ1) is 75.3. The van der Waals surface area contributed by atoms with E-state index in [9.17, 15) is 14.4 Å². The number of hydrogen-bond acceptors (Lipinski definition) is 6. The molecule has 452 valence electrons. The van der Waals surface area contributed by atoms with Gasteiger partial charge in [0.25, 0.3) is 0 Å². The summed E-state index contributed by atoms with van der Waals surface area (Å²) in [5, 5.41) is 0. The topological polar surface area (TPSA) is 78.9 Å². The van der Waals surface area contributed by atoms with Gasteiger partial charge in [0.2, 0.25) is 0 Å². The lowest BCUT2D eigenvalue weighted by Gasteiger charge is -2.18. The summed E-state index contributed by atoms with van der Waals surface area (Å²) in [5.41, 5.74) is 0. The molecule has 0 N–H and O–H groups in total. The zero-order chi connectivity index (χ0) is 57.8. The summed E-state index contributed by atoms with van der Waals surface area (Å²) in [6.07, 6.45) is 96.1. The van der Waals surface area contributed by atoms with E-state index in [0.29, 0.717) is 19.3 Å². The van der Waals surface area contributed by atoms with E-state index in [1.54, 1.807) is 6.08 Å². The molecule has 0 aromatic heterocycles. The van der Waals surface area contributed by atoms with E-state index in [1.165, 1.54) is 116 Å². The van der Waals surface area contributed by atoms with Crippen LogP contribution in [0.25, 0.3) is 0 Å². The summed E-state index contributed by atoms with van der Waals surface area (Å²) in [5.74, 6) is -1.07. The van der Waals surface area contributed by atoms with E-state index in [-0.39, 0.29) is 31.6 Å². The summed E-state index contributed by atoms with van der Waals surface area (Å²) in [7, 11) is 0. The Labute approximate surface area is 493 Å². The molecule has 1 unspecified atom stereocenters. The van der Waals surface area contributed by atoms with Gasteiger partial charge >= 0.3 is 17.9 Å². The van der Waals surface area contributed by atoms with Gasteiger partial charge in [-0.3, -0.25) is 14.4 Å². The van der Waals surface area contributed by atoms with Gasteiger partial charge in [0.1, 0.15) is 13.2 Å². The first-order chi connectivity index (χ1) is 39.5. The molecule has 6 nitrogen and oxygen atoms in total. The van der Waals surface area contributed by atoms with Crippen LogP contribution in [-0.4, -0.2) is 37.2 Å². The van der Waals surface area contributed by atoms with E-state index in [1.807, 2.05) is 6.08 Å². The van der Waals surface area contributed by atoms with Crippen molar-refractivity contribution in [2.45, 2.75) is 290 Å². The summed E-state index contributed by atoms with van der Waals surface area (Å²) in [6, 6.07) is 0. The standard InChI is InChI=1S/C74H120O6/c1-4-7-10-13-16-19-22-25-28-29-30-31-32-33-34-35-36-37-38-39-40-41-42-43-44-45-47-49-52-55-58-61-64-67-73(76)79-70-71(69-78-72(75)66-63-60-57-54-51-48-27-24-21-18-15-12-9-6-3)80-74(77)68-65-62-59-56-53-50-46-26-23-20-17-14-11-8-5-2/h7-8,10-11,15-20,24-28,30-31,33-34,46,53,56,62,65,71H,4-6,9,12-14,21-23,29,32,35-45,47-52,54-55,57-61,63-64,66-70H2,1-3H3/b10-7-,11-8-,18-15-,19-16-,20-17-,27-24-,28-25-,31-30-,34-33-,46-26-,56-53-,65-62-. The quantitative estimate of drug-likeness (QED) is 0.0261. The van der Waals surface area contributed by atoms with Crippen LogP contribution in [0.15, 0.2) is 146 Å². The number of rotatable bonds is 58. The van der Waals surface area contributed by atoms with Gasteiger partial charge in [0.15, 0.2) is 6.10 Å². The maximum atomic E-state index is 12.8. The van der Waals surface area contributed by atoms with E-state index in [0.717, 1.165) is 122 Å². The molecule has 0 spiro atoms. The highest BCUT2D eigenvalue weighted by Gasteiger charge is 2.19. The van der Waals surface area contributed by atoms with Crippen molar-refractivity contribution in [3.05, 3.63) is 146 Å². The molecule has 80 heavy (non-hydrogen) atoms. The molecular formula is C74H120O6. The highest BCUT2D eigenvalue weighted by atomic mass is 16.6. The molecule has 1 atom stereocenters. The molecule has 0 amide bonds. The van der Waals surface area contributed by atoms with Gasteiger partial charge in [-0.05, 0) is 116 Å². The fourth-order valence-electron chi connectivity index (χ4n) is 8.74. The second-order valence-corrected chi connectivity index (χ2v) is 21.3. The maximum Gasteiger partial charge on any atom is 0.310 e. The van der Waals surface area contributed by atoms with Crippen LogP contribution in [0.4, 0.5) is 0 Å². The van der Waals surface area contributed by atoms with E-state index in [2.05, 4.69) is 154 Å². The third kappa shape index (κ3) is 64.1. The number of esters is 3. The first-order valence-electron chi connectivity index (χ1n) is 32.8. The summed E-state index contributed by atoms with van der Waals surface area (Å²) in [6.45, 7) is 6.28. The summed E-state index contributed by atoms with van der Waals surface area (Å²) >= 11 is 0. The Morgan fingerprint density at radius 1 is 0.275 bits per heavy atom. The molecule has 0 aliphatic heterocycles. The van der Waals surface area contributed by atoms with Gasteiger partial charge in [-0.15, -0.1) is 0 Å². The molecule has 6 heteroatoms. The van der Waals surface area contributed by atoms with Gasteiger partial charge in [-0.25, -0.2) is 0 Å². The second kappa shape index (κ2) is 66.8. The molecule has 0 aromatic rings. The van der Waals surface area contributed by atoms with Gasteiger partial charge in [-0.1, -0.05) is 295 Å². The van der Waals surface area contributed by atoms with E-state index in [4.69, 9.17) is 14.2 Å². The molecule has 0 radical (unpaired) electrons. The lowest BCUT2D eigenvalue weighted by atomic mass is 10.0. The zero-order valence-corrected chi connectivity index (χ0v) is 51.8. The lowest BCUT2D eigenvalue weighted by molar-refractivity contribution is -0.166. The Bertz CT molecular complexity index is 1750. The Kier molecular flexibility index (Phi) is 62.9. The van der Waals surface area contributed by atoms with E-state index >= 15 is 0 Å². The largest absolute Gasteiger partial charge is 0.462 e. The Hall–Kier alpha value is -4.71. The van der Waals surface area contributed by atoms with Crippen LogP contribution in [-0.2, 0) is 28.6 Å². The van der Waals surface area contributed by atoms with Crippen LogP contribution in [0, 0.1) is 0 Å². The predicted octanol–water partition coefficient (Wildman–Crippen LogP) is 22.7. The molecule has 0 fully saturated rings. The van der Waals surface area contributed by atoms with Crippen molar-refractivity contribution < 1.29 is 28.6 Å². The van der Waals surface area contributed by atoms with Gasteiger partial charge in [0, 0.05) is 12.8 Å². The molecule has 0 saturated heterocycles. The Morgan fingerprint density at radius 3 is 0.825 bits per heavy atom. The normalized spacial score (nSPS) is 13.1. The number of unbranched alkanes of at least 4 members (excludes halogenated alkanes) is 24. The SMILES string of the molecule is CC/C=C\C/C=C\C/C=C\C/C=C\C/C=C\CCCCCCCCCCCCCCCCCCCC(=O)OCC(COC(=O)CCCCCCC/C=C\C/C=C\CCCC)OC(=O)C/C=C\C/C=C\C/C=C\C/C=C\C/C=C\CC. The van der Waals surface area contributed by atoms with Crippen LogP contribution in [0.1, 0.15) is 284 Å². The maximum absolute atomic E-state index is 12.8. The first-order valence-corrected chi connectivity index (χ1v) is 32.8. The van der Waals surface area contributed by atoms with Crippen molar-refractivity contribution in [1.82, 2.24) is 0 Å². The minimum Gasteiger partial charge on any atom is -0.462 e. The van der Waals surface area contributed by atoms with Crippen molar-refractivity contribution in [3.8, 4) is 0 Å². The molecule has 0 aliphatic carbocycles. The van der Waals surface area contributed by atoms with Gasteiger partial charge < -0.3 is 14.2 Å². The third-order valence-corrected chi connectivity index (χ3v) is 13.6. The molecule has 0 rings (SSSR count).